The van der Waals surface area contributed by atoms with Gasteiger partial charge in [-0.2, -0.15) is 0 Å². The SMILES string of the molecule is NCc1cc2c([nH]1)CCS(=O)(=O)C2. The van der Waals surface area contributed by atoms with E-state index in [4.69, 9.17) is 5.73 Å². The van der Waals surface area contributed by atoms with Crippen LogP contribution in [0.3, 0.4) is 0 Å². The second-order valence-corrected chi connectivity index (χ2v) is 5.53. The molecule has 0 saturated carbocycles. The van der Waals surface area contributed by atoms with Crippen LogP contribution in [-0.2, 0) is 28.6 Å². The molecule has 0 unspecified atom stereocenters. The summed E-state index contributed by atoms with van der Waals surface area (Å²) in [6.45, 7) is 0.438. The van der Waals surface area contributed by atoms with E-state index in [9.17, 15) is 8.42 Å². The molecule has 0 aliphatic carbocycles. The van der Waals surface area contributed by atoms with Crippen molar-refractivity contribution in [2.75, 3.05) is 5.75 Å². The van der Waals surface area contributed by atoms with Gasteiger partial charge in [-0.3, -0.25) is 0 Å². The number of nitrogens with one attached hydrogen (secondary N) is 1. The second kappa shape index (κ2) is 2.85. The highest BCUT2D eigenvalue weighted by molar-refractivity contribution is 7.90. The van der Waals surface area contributed by atoms with Gasteiger partial charge in [0.1, 0.15) is 0 Å². The van der Waals surface area contributed by atoms with Crippen LogP contribution in [0.5, 0.6) is 0 Å². The average molecular weight is 200 g/mol. The van der Waals surface area contributed by atoms with E-state index in [1.165, 1.54) is 0 Å². The van der Waals surface area contributed by atoms with Gasteiger partial charge in [-0.1, -0.05) is 0 Å². The number of aryl methyl sites for hydroxylation is 1. The van der Waals surface area contributed by atoms with Gasteiger partial charge in [0.25, 0.3) is 0 Å². The van der Waals surface area contributed by atoms with E-state index in [0.29, 0.717) is 13.0 Å². The van der Waals surface area contributed by atoms with Gasteiger partial charge in [0.2, 0.25) is 0 Å². The molecule has 1 aliphatic rings. The fourth-order valence-corrected chi connectivity index (χ4v) is 3.03. The molecule has 0 fully saturated rings. The molecule has 0 amide bonds. The van der Waals surface area contributed by atoms with Gasteiger partial charge in [-0.05, 0) is 11.6 Å². The standard InChI is InChI=1S/C8H12N2O2S/c9-4-7-3-6-5-13(11,12)2-1-8(6)10-7/h3,10H,1-2,4-5,9H2. The summed E-state index contributed by atoms with van der Waals surface area (Å²) in [6, 6.07) is 1.85. The first kappa shape index (κ1) is 8.77. The van der Waals surface area contributed by atoms with Crippen LogP contribution in [0.15, 0.2) is 6.07 Å². The molecule has 72 valence electrons. The van der Waals surface area contributed by atoms with Crippen molar-refractivity contribution in [1.82, 2.24) is 4.98 Å². The van der Waals surface area contributed by atoms with E-state index >= 15 is 0 Å². The van der Waals surface area contributed by atoms with Gasteiger partial charge in [-0.15, -0.1) is 0 Å². The van der Waals surface area contributed by atoms with Crippen LogP contribution in [0.25, 0.3) is 0 Å². The molecule has 0 spiro atoms. The summed E-state index contributed by atoms with van der Waals surface area (Å²) >= 11 is 0. The Kier molecular flexibility index (Phi) is 1.92. The van der Waals surface area contributed by atoms with E-state index in [1.807, 2.05) is 6.07 Å². The number of hydrogen-bond donors (Lipinski definition) is 2. The fraction of sp³-hybridized carbons (Fsp3) is 0.500. The minimum Gasteiger partial charge on any atom is -0.361 e. The Morgan fingerprint density at radius 2 is 2.31 bits per heavy atom. The molecular formula is C8H12N2O2S. The summed E-state index contributed by atoms with van der Waals surface area (Å²) < 4.78 is 22.5. The molecule has 0 atom stereocenters. The Hall–Kier alpha value is -0.810. The van der Waals surface area contributed by atoms with Crippen LogP contribution in [-0.4, -0.2) is 19.2 Å². The Labute approximate surface area is 77.1 Å². The molecule has 1 aromatic heterocycles. The van der Waals surface area contributed by atoms with E-state index in [0.717, 1.165) is 17.0 Å². The summed E-state index contributed by atoms with van der Waals surface area (Å²) in [5, 5.41) is 0. The predicted octanol–water partition coefficient (Wildman–Crippen LogP) is -0.0557. The molecule has 1 aliphatic heterocycles. The van der Waals surface area contributed by atoms with Crippen molar-refractivity contribution >= 4 is 9.84 Å². The number of hydrogen-bond acceptors (Lipinski definition) is 3. The van der Waals surface area contributed by atoms with Crippen molar-refractivity contribution < 1.29 is 8.42 Å². The summed E-state index contributed by atoms with van der Waals surface area (Å²) in [5.41, 5.74) is 8.30. The Morgan fingerprint density at radius 3 is 3.00 bits per heavy atom. The molecule has 2 rings (SSSR count). The average Bonchev–Trinajstić information content (AvgIpc) is 2.44. The van der Waals surface area contributed by atoms with Crippen LogP contribution < -0.4 is 5.73 Å². The third kappa shape index (κ3) is 1.62. The minimum atomic E-state index is -2.85. The molecular weight excluding hydrogens is 188 g/mol. The minimum absolute atomic E-state index is 0.166. The normalized spacial score (nSPS) is 19.8. The van der Waals surface area contributed by atoms with E-state index in [1.54, 1.807) is 0 Å². The van der Waals surface area contributed by atoms with Gasteiger partial charge < -0.3 is 10.7 Å². The lowest BCUT2D eigenvalue weighted by molar-refractivity contribution is 0.591. The highest BCUT2D eigenvalue weighted by atomic mass is 32.2. The summed E-state index contributed by atoms with van der Waals surface area (Å²) in [4.78, 5) is 3.13. The van der Waals surface area contributed by atoms with Crippen molar-refractivity contribution in [3.63, 3.8) is 0 Å². The molecule has 0 radical (unpaired) electrons. The van der Waals surface area contributed by atoms with Crippen molar-refractivity contribution in [3.05, 3.63) is 23.0 Å². The first-order valence-electron chi connectivity index (χ1n) is 4.21. The number of H-pyrrole nitrogens is 1. The van der Waals surface area contributed by atoms with Crippen LogP contribution >= 0.6 is 0 Å². The summed E-state index contributed by atoms with van der Waals surface area (Å²) in [7, 11) is -2.85. The Balaban J connectivity index is 2.40. The first-order valence-corrected chi connectivity index (χ1v) is 6.03. The predicted molar refractivity (Wildman–Crippen MR) is 49.9 cm³/mol. The number of aromatic nitrogens is 1. The molecule has 0 aromatic carbocycles. The molecule has 4 nitrogen and oxygen atoms in total. The zero-order chi connectivity index (χ0) is 9.47. The zero-order valence-electron chi connectivity index (χ0n) is 7.21. The third-order valence-electron chi connectivity index (χ3n) is 2.31. The molecule has 0 saturated heterocycles. The van der Waals surface area contributed by atoms with E-state index < -0.39 is 9.84 Å². The smallest absolute Gasteiger partial charge is 0.154 e. The number of rotatable bonds is 1. The van der Waals surface area contributed by atoms with Crippen molar-refractivity contribution in [2.24, 2.45) is 5.73 Å². The van der Waals surface area contributed by atoms with E-state index in [2.05, 4.69) is 4.98 Å². The van der Waals surface area contributed by atoms with Crippen LogP contribution in [0, 0.1) is 0 Å². The number of fused-ring (bicyclic) bond motifs is 1. The highest BCUT2D eigenvalue weighted by Crippen LogP contribution is 2.20. The second-order valence-electron chi connectivity index (χ2n) is 3.34. The quantitative estimate of drug-likeness (QED) is 0.667. The zero-order valence-corrected chi connectivity index (χ0v) is 8.02. The van der Waals surface area contributed by atoms with Gasteiger partial charge >= 0.3 is 0 Å². The maximum Gasteiger partial charge on any atom is 0.154 e. The van der Waals surface area contributed by atoms with Crippen LogP contribution in [0.2, 0.25) is 0 Å². The van der Waals surface area contributed by atoms with Gasteiger partial charge in [0, 0.05) is 24.4 Å². The van der Waals surface area contributed by atoms with Crippen LogP contribution in [0.4, 0.5) is 0 Å². The molecule has 0 bridgehead atoms. The lowest BCUT2D eigenvalue weighted by Crippen LogP contribution is -2.17. The topological polar surface area (TPSA) is 76.0 Å². The first-order chi connectivity index (χ1) is 6.11. The monoisotopic (exact) mass is 200 g/mol. The van der Waals surface area contributed by atoms with Crippen molar-refractivity contribution in [2.45, 2.75) is 18.7 Å². The molecule has 2 heterocycles. The van der Waals surface area contributed by atoms with Crippen molar-refractivity contribution in [1.29, 1.82) is 0 Å². The molecule has 5 heteroatoms. The van der Waals surface area contributed by atoms with Gasteiger partial charge in [-0.25, -0.2) is 8.42 Å². The van der Waals surface area contributed by atoms with E-state index in [-0.39, 0.29) is 11.5 Å². The highest BCUT2D eigenvalue weighted by Gasteiger charge is 2.22. The van der Waals surface area contributed by atoms with Crippen LogP contribution in [0.1, 0.15) is 17.0 Å². The summed E-state index contributed by atoms with van der Waals surface area (Å²) in [5.74, 6) is 0.420. The fourth-order valence-electron chi connectivity index (χ4n) is 1.64. The van der Waals surface area contributed by atoms with Crippen molar-refractivity contribution in [3.8, 4) is 0 Å². The maximum atomic E-state index is 11.3. The number of nitrogens with two attached hydrogens (primary N) is 1. The maximum absolute atomic E-state index is 11.3. The number of sulfone groups is 1. The molecule has 13 heavy (non-hydrogen) atoms. The lowest BCUT2D eigenvalue weighted by Gasteiger charge is -2.10. The molecule has 3 N–H and O–H groups in total. The number of aromatic amines is 1. The third-order valence-corrected chi connectivity index (χ3v) is 3.88. The largest absolute Gasteiger partial charge is 0.361 e. The Morgan fingerprint density at radius 1 is 1.54 bits per heavy atom. The van der Waals surface area contributed by atoms with Gasteiger partial charge in [0.15, 0.2) is 9.84 Å². The summed E-state index contributed by atoms with van der Waals surface area (Å²) in [6.07, 6.45) is 0.595. The Bertz CT molecular complexity index is 419. The lowest BCUT2D eigenvalue weighted by atomic mass is 10.2. The van der Waals surface area contributed by atoms with Gasteiger partial charge in [0.05, 0.1) is 11.5 Å². The molecule has 1 aromatic rings.